The zero-order valence-electron chi connectivity index (χ0n) is 15.3. The van der Waals surface area contributed by atoms with Gasteiger partial charge in [-0.05, 0) is 36.0 Å². The molecule has 0 N–H and O–H groups in total. The minimum absolute atomic E-state index is 0.0000383. The maximum absolute atomic E-state index is 13.0. The molecule has 24 heavy (non-hydrogen) atoms. The molecule has 1 fully saturated rings. The van der Waals surface area contributed by atoms with E-state index in [1.807, 2.05) is 19.1 Å². The molecule has 1 aliphatic rings. The van der Waals surface area contributed by atoms with Crippen molar-refractivity contribution in [2.75, 3.05) is 26.2 Å². The zero-order chi connectivity index (χ0) is 18.1. The van der Waals surface area contributed by atoms with E-state index in [9.17, 15) is 13.2 Å². The second kappa shape index (κ2) is 6.84. The fraction of sp³-hybridized carbons (Fsp3) is 0.611. The summed E-state index contributed by atoms with van der Waals surface area (Å²) in [5.74, 6) is -0.0000383. The predicted octanol–water partition coefficient (Wildman–Crippen LogP) is 2.54. The van der Waals surface area contributed by atoms with Gasteiger partial charge in [-0.3, -0.25) is 4.79 Å². The largest absolute Gasteiger partial charge is 0.342 e. The Labute approximate surface area is 145 Å². The lowest BCUT2D eigenvalue weighted by molar-refractivity contribution is -0.128. The van der Waals surface area contributed by atoms with Gasteiger partial charge in [0.05, 0.1) is 4.90 Å². The van der Waals surface area contributed by atoms with Crippen LogP contribution in [-0.2, 0) is 20.2 Å². The van der Waals surface area contributed by atoms with E-state index in [1.165, 1.54) is 11.2 Å². The molecule has 2 rings (SSSR count). The Morgan fingerprint density at radius 1 is 1.08 bits per heavy atom. The lowest BCUT2D eigenvalue weighted by atomic mass is 9.86. The number of benzene rings is 1. The maximum atomic E-state index is 13.0. The van der Waals surface area contributed by atoms with Crippen molar-refractivity contribution in [3.63, 3.8) is 0 Å². The second-order valence-electron chi connectivity index (χ2n) is 7.49. The Balaban J connectivity index is 2.29. The minimum atomic E-state index is -3.53. The summed E-state index contributed by atoms with van der Waals surface area (Å²) >= 11 is 0. The van der Waals surface area contributed by atoms with Crippen LogP contribution in [0.1, 0.15) is 45.2 Å². The van der Waals surface area contributed by atoms with Crippen LogP contribution in [-0.4, -0.2) is 49.7 Å². The predicted molar refractivity (Wildman–Crippen MR) is 95.5 cm³/mol. The van der Waals surface area contributed by atoms with E-state index in [0.717, 1.165) is 11.1 Å². The monoisotopic (exact) mass is 352 g/mol. The Kier molecular flexibility index (Phi) is 5.40. The number of carbonyl (C=O) groups excluding carboxylic acids is 1. The Morgan fingerprint density at radius 3 is 2.29 bits per heavy atom. The number of sulfonamides is 1. The van der Waals surface area contributed by atoms with E-state index in [1.54, 1.807) is 11.0 Å². The van der Waals surface area contributed by atoms with Crippen molar-refractivity contribution in [1.29, 1.82) is 0 Å². The fourth-order valence-corrected chi connectivity index (χ4v) is 4.67. The van der Waals surface area contributed by atoms with Gasteiger partial charge < -0.3 is 4.90 Å². The van der Waals surface area contributed by atoms with Gasteiger partial charge in [0.15, 0.2) is 0 Å². The highest BCUT2D eigenvalue weighted by Gasteiger charge is 2.29. The number of rotatable bonds is 2. The average molecular weight is 353 g/mol. The topological polar surface area (TPSA) is 57.7 Å². The van der Waals surface area contributed by atoms with E-state index in [-0.39, 0.29) is 11.3 Å². The summed E-state index contributed by atoms with van der Waals surface area (Å²) in [5.41, 5.74) is 1.88. The molecule has 1 aromatic rings. The first-order chi connectivity index (χ1) is 11.0. The van der Waals surface area contributed by atoms with E-state index in [0.29, 0.717) is 37.5 Å². The third-order valence-corrected chi connectivity index (χ3v) is 6.62. The van der Waals surface area contributed by atoms with Gasteiger partial charge >= 0.3 is 0 Å². The first-order valence-electron chi connectivity index (χ1n) is 8.40. The van der Waals surface area contributed by atoms with Gasteiger partial charge in [-0.15, -0.1) is 0 Å². The molecule has 0 unspecified atom stereocenters. The molecular weight excluding hydrogens is 324 g/mol. The van der Waals surface area contributed by atoms with Crippen LogP contribution in [0.4, 0.5) is 0 Å². The van der Waals surface area contributed by atoms with E-state index < -0.39 is 10.0 Å². The summed E-state index contributed by atoms with van der Waals surface area (Å²) in [7, 11) is -3.53. The quantitative estimate of drug-likeness (QED) is 0.822. The molecule has 0 bridgehead atoms. The van der Waals surface area contributed by atoms with Crippen LogP contribution in [0, 0.1) is 6.92 Å². The van der Waals surface area contributed by atoms with Crippen molar-refractivity contribution in [3.05, 3.63) is 29.3 Å². The first kappa shape index (κ1) is 18.9. The number of carbonyl (C=O) groups is 1. The molecule has 1 amide bonds. The van der Waals surface area contributed by atoms with Crippen LogP contribution in [0.5, 0.6) is 0 Å². The standard InChI is InChI=1S/C18H28N2O3S/c1-14-13-16(18(3,4)5)7-8-17(14)24(22,23)20-10-6-9-19(11-12-20)15(2)21/h7-8,13H,6,9-12H2,1-5H3. The molecule has 5 nitrogen and oxygen atoms in total. The third kappa shape index (κ3) is 3.98. The summed E-state index contributed by atoms with van der Waals surface area (Å²) in [6.45, 7) is 11.6. The smallest absolute Gasteiger partial charge is 0.243 e. The van der Waals surface area contributed by atoms with Crippen molar-refractivity contribution >= 4 is 15.9 Å². The van der Waals surface area contributed by atoms with Gasteiger partial charge in [0.1, 0.15) is 0 Å². The SMILES string of the molecule is CC(=O)N1CCCN(S(=O)(=O)c2ccc(C(C)(C)C)cc2C)CC1. The van der Waals surface area contributed by atoms with Gasteiger partial charge in [0.25, 0.3) is 0 Å². The van der Waals surface area contributed by atoms with E-state index in [4.69, 9.17) is 0 Å². The third-order valence-electron chi connectivity index (χ3n) is 4.56. The van der Waals surface area contributed by atoms with Crippen molar-refractivity contribution in [3.8, 4) is 0 Å². The molecule has 1 saturated heterocycles. The molecule has 1 heterocycles. The van der Waals surface area contributed by atoms with Gasteiger partial charge in [-0.2, -0.15) is 4.31 Å². The molecule has 134 valence electrons. The lowest BCUT2D eigenvalue weighted by Gasteiger charge is -2.24. The van der Waals surface area contributed by atoms with Crippen LogP contribution in [0.15, 0.2) is 23.1 Å². The van der Waals surface area contributed by atoms with E-state index in [2.05, 4.69) is 20.8 Å². The zero-order valence-corrected chi connectivity index (χ0v) is 16.1. The number of hydrogen-bond donors (Lipinski definition) is 0. The van der Waals surface area contributed by atoms with Gasteiger partial charge in [0.2, 0.25) is 15.9 Å². The Hall–Kier alpha value is -1.40. The summed E-state index contributed by atoms with van der Waals surface area (Å²) in [6.07, 6.45) is 0.665. The van der Waals surface area contributed by atoms with Gasteiger partial charge in [0, 0.05) is 33.1 Å². The normalized spacial score (nSPS) is 17.6. The van der Waals surface area contributed by atoms with Crippen LogP contribution in [0.25, 0.3) is 0 Å². The molecule has 0 spiro atoms. The van der Waals surface area contributed by atoms with Crippen LogP contribution in [0.2, 0.25) is 0 Å². The summed E-state index contributed by atoms with van der Waals surface area (Å²) < 4.78 is 27.6. The van der Waals surface area contributed by atoms with Crippen LogP contribution in [0.3, 0.4) is 0 Å². The number of aryl methyl sites for hydroxylation is 1. The minimum Gasteiger partial charge on any atom is -0.342 e. The number of amides is 1. The van der Waals surface area contributed by atoms with Crippen LogP contribution >= 0.6 is 0 Å². The van der Waals surface area contributed by atoms with E-state index >= 15 is 0 Å². The molecule has 0 saturated carbocycles. The number of hydrogen-bond acceptors (Lipinski definition) is 3. The number of nitrogens with zero attached hydrogens (tertiary/aromatic N) is 2. The summed E-state index contributed by atoms with van der Waals surface area (Å²) in [6, 6.07) is 5.59. The van der Waals surface area contributed by atoms with Gasteiger partial charge in [-0.1, -0.05) is 32.9 Å². The van der Waals surface area contributed by atoms with Crippen molar-refractivity contribution in [2.45, 2.75) is 51.3 Å². The Morgan fingerprint density at radius 2 is 1.75 bits per heavy atom. The highest BCUT2D eigenvalue weighted by atomic mass is 32.2. The molecule has 6 heteroatoms. The molecule has 0 atom stereocenters. The first-order valence-corrected chi connectivity index (χ1v) is 9.84. The Bertz CT molecular complexity index is 720. The molecule has 0 radical (unpaired) electrons. The lowest BCUT2D eigenvalue weighted by Crippen LogP contribution is -2.36. The second-order valence-corrected chi connectivity index (χ2v) is 9.40. The molecule has 0 aliphatic carbocycles. The summed E-state index contributed by atoms with van der Waals surface area (Å²) in [5, 5.41) is 0. The molecular formula is C18H28N2O3S. The fourth-order valence-electron chi connectivity index (χ4n) is 2.99. The summed E-state index contributed by atoms with van der Waals surface area (Å²) in [4.78, 5) is 13.6. The van der Waals surface area contributed by atoms with Crippen molar-refractivity contribution < 1.29 is 13.2 Å². The van der Waals surface area contributed by atoms with Gasteiger partial charge in [-0.25, -0.2) is 8.42 Å². The highest BCUT2D eigenvalue weighted by Crippen LogP contribution is 2.28. The molecule has 1 aromatic carbocycles. The molecule has 1 aliphatic heterocycles. The van der Waals surface area contributed by atoms with Crippen molar-refractivity contribution in [2.24, 2.45) is 0 Å². The van der Waals surface area contributed by atoms with Crippen molar-refractivity contribution in [1.82, 2.24) is 9.21 Å². The molecule has 0 aromatic heterocycles. The highest BCUT2D eigenvalue weighted by molar-refractivity contribution is 7.89. The maximum Gasteiger partial charge on any atom is 0.243 e. The van der Waals surface area contributed by atoms with Crippen LogP contribution < -0.4 is 0 Å². The average Bonchev–Trinajstić information content (AvgIpc) is 2.72.